The molecule has 1 rings (SSSR count). The molecule has 1 amide bonds. The van der Waals surface area contributed by atoms with Gasteiger partial charge < -0.3 is 20.7 Å². The Hall–Kier alpha value is -1.59. The van der Waals surface area contributed by atoms with Crippen LogP contribution in [0.3, 0.4) is 0 Å². The summed E-state index contributed by atoms with van der Waals surface area (Å²) in [6, 6.07) is 7.85. The number of benzene rings is 1. The summed E-state index contributed by atoms with van der Waals surface area (Å²) < 4.78 is 5.09. The van der Waals surface area contributed by atoms with E-state index in [1.165, 1.54) is 0 Å². The maximum atomic E-state index is 11.8. The van der Waals surface area contributed by atoms with Crippen LogP contribution in [0.4, 0.5) is 11.4 Å². The van der Waals surface area contributed by atoms with Crippen LogP contribution in [0, 0.1) is 0 Å². The minimum Gasteiger partial charge on any atom is -0.380 e. The second-order valence-electron chi connectivity index (χ2n) is 4.56. The van der Waals surface area contributed by atoms with Gasteiger partial charge in [-0.1, -0.05) is 0 Å². The van der Waals surface area contributed by atoms with Gasteiger partial charge in [-0.15, -0.1) is 0 Å². The zero-order valence-corrected chi connectivity index (χ0v) is 12.6. The number of carbonyl (C=O) groups is 1. The van der Waals surface area contributed by atoms with Crippen LogP contribution in [0.25, 0.3) is 0 Å². The van der Waals surface area contributed by atoms with E-state index in [4.69, 9.17) is 10.5 Å². The normalized spacial score (nSPS) is 12.0. The molecule has 0 aliphatic rings. The predicted octanol–water partition coefficient (Wildman–Crippen LogP) is 1.84. The average molecular weight is 279 g/mol. The topological polar surface area (TPSA) is 67.6 Å². The van der Waals surface area contributed by atoms with Crippen molar-refractivity contribution in [1.82, 2.24) is 0 Å². The van der Waals surface area contributed by atoms with Gasteiger partial charge in [0.15, 0.2) is 0 Å². The molecule has 1 aromatic rings. The summed E-state index contributed by atoms with van der Waals surface area (Å²) in [4.78, 5) is 14.1. The first-order valence-corrected chi connectivity index (χ1v) is 7.02. The van der Waals surface area contributed by atoms with E-state index in [9.17, 15) is 4.79 Å². The fourth-order valence-electron chi connectivity index (χ4n) is 2.03. The standard InChI is InChI=1S/C15H25N3O2/c1-4-18(5-2)13-8-6-12(7-9-13)17-15(19)10-14(11-16)20-3/h6-9,14H,4-5,10-11,16H2,1-3H3,(H,17,19). The molecule has 1 atom stereocenters. The van der Waals surface area contributed by atoms with Gasteiger partial charge >= 0.3 is 0 Å². The lowest BCUT2D eigenvalue weighted by molar-refractivity contribution is -0.118. The number of nitrogens with two attached hydrogens (primary N) is 1. The lowest BCUT2D eigenvalue weighted by Gasteiger charge is -2.21. The zero-order valence-electron chi connectivity index (χ0n) is 12.6. The van der Waals surface area contributed by atoms with Crippen molar-refractivity contribution in [1.29, 1.82) is 0 Å². The fourth-order valence-corrected chi connectivity index (χ4v) is 2.03. The minimum absolute atomic E-state index is 0.0853. The minimum atomic E-state index is -0.232. The predicted molar refractivity (Wildman–Crippen MR) is 83.1 cm³/mol. The van der Waals surface area contributed by atoms with Crippen molar-refractivity contribution in [2.24, 2.45) is 5.73 Å². The highest BCUT2D eigenvalue weighted by molar-refractivity contribution is 5.91. The number of methoxy groups -OCH3 is 1. The van der Waals surface area contributed by atoms with E-state index in [0.29, 0.717) is 6.54 Å². The van der Waals surface area contributed by atoms with Gasteiger partial charge in [0.05, 0.1) is 12.5 Å². The lowest BCUT2D eigenvalue weighted by atomic mass is 10.2. The molecule has 0 aromatic heterocycles. The van der Waals surface area contributed by atoms with Gasteiger partial charge in [-0.3, -0.25) is 4.79 Å². The molecule has 112 valence electrons. The van der Waals surface area contributed by atoms with Crippen molar-refractivity contribution in [2.45, 2.75) is 26.4 Å². The summed E-state index contributed by atoms with van der Waals surface area (Å²) in [6.07, 6.45) is 0.0371. The quantitative estimate of drug-likeness (QED) is 0.762. The van der Waals surface area contributed by atoms with Gasteiger partial charge in [0.2, 0.25) is 5.91 Å². The molecule has 1 unspecified atom stereocenters. The molecule has 0 aliphatic heterocycles. The maximum Gasteiger partial charge on any atom is 0.227 e. The molecule has 3 N–H and O–H groups in total. The van der Waals surface area contributed by atoms with Crippen molar-refractivity contribution >= 4 is 17.3 Å². The molecule has 0 saturated heterocycles. The Morgan fingerprint density at radius 1 is 1.30 bits per heavy atom. The lowest BCUT2D eigenvalue weighted by Crippen LogP contribution is -2.28. The number of ether oxygens (including phenoxy) is 1. The third kappa shape index (κ3) is 4.83. The number of carbonyl (C=O) groups excluding carboxylic acids is 1. The van der Waals surface area contributed by atoms with Crippen LogP contribution in [0.2, 0.25) is 0 Å². The van der Waals surface area contributed by atoms with E-state index in [-0.39, 0.29) is 18.4 Å². The van der Waals surface area contributed by atoms with Gasteiger partial charge in [-0.25, -0.2) is 0 Å². The molecular formula is C15H25N3O2. The Morgan fingerprint density at radius 2 is 1.90 bits per heavy atom. The molecular weight excluding hydrogens is 254 g/mol. The Labute approximate surface area is 121 Å². The Kier molecular flexibility index (Phi) is 7.04. The third-order valence-electron chi connectivity index (χ3n) is 3.29. The molecule has 1 aromatic carbocycles. The van der Waals surface area contributed by atoms with Crippen molar-refractivity contribution in [2.75, 3.05) is 37.0 Å². The van der Waals surface area contributed by atoms with Gasteiger partial charge in [-0.2, -0.15) is 0 Å². The number of nitrogens with one attached hydrogen (secondary N) is 1. The van der Waals surface area contributed by atoms with Gasteiger partial charge in [0.25, 0.3) is 0 Å². The molecule has 5 heteroatoms. The highest BCUT2D eigenvalue weighted by atomic mass is 16.5. The highest BCUT2D eigenvalue weighted by Gasteiger charge is 2.11. The SMILES string of the molecule is CCN(CC)c1ccc(NC(=O)CC(CN)OC)cc1. The van der Waals surface area contributed by atoms with Crippen LogP contribution < -0.4 is 16.0 Å². The average Bonchev–Trinajstić information content (AvgIpc) is 2.47. The fraction of sp³-hybridized carbons (Fsp3) is 0.533. The number of rotatable bonds is 8. The molecule has 0 heterocycles. The van der Waals surface area contributed by atoms with Crippen molar-refractivity contribution in [3.63, 3.8) is 0 Å². The first-order chi connectivity index (χ1) is 9.64. The van der Waals surface area contributed by atoms with Crippen LogP contribution in [0.1, 0.15) is 20.3 Å². The Bertz CT molecular complexity index is 398. The molecule has 0 saturated carbocycles. The van der Waals surface area contributed by atoms with Gasteiger partial charge in [-0.05, 0) is 38.1 Å². The molecule has 0 fully saturated rings. The second kappa shape index (κ2) is 8.55. The second-order valence-corrected chi connectivity index (χ2v) is 4.56. The van der Waals surface area contributed by atoms with E-state index in [0.717, 1.165) is 24.5 Å². The van der Waals surface area contributed by atoms with Crippen LogP contribution in [-0.2, 0) is 9.53 Å². The first kappa shape index (κ1) is 16.5. The van der Waals surface area contributed by atoms with Crippen molar-refractivity contribution < 1.29 is 9.53 Å². The van der Waals surface area contributed by atoms with Crippen LogP contribution in [0.15, 0.2) is 24.3 Å². The van der Waals surface area contributed by atoms with Crippen molar-refractivity contribution in [3.8, 4) is 0 Å². The van der Waals surface area contributed by atoms with Gasteiger partial charge in [0, 0.05) is 38.1 Å². The summed E-state index contributed by atoms with van der Waals surface area (Å²) in [5, 5.41) is 2.85. The molecule has 0 aliphatic carbocycles. The summed E-state index contributed by atoms with van der Waals surface area (Å²) >= 11 is 0. The zero-order chi connectivity index (χ0) is 15.0. The van der Waals surface area contributed by atoms with E-state index in [1.54, 1.807) is 7.11 Å². The van der Waals surface area contributed by atoms with E-state index in [2.05, 4.69) is 24.1 Å². The van der Waals surface area contributed by atoms with Crippen LogP contribution in [-0.4, -0.2) is 38.8 Å². The van der Waals surface area contributed by atoms with Crippen molar-refractivity contribution in [3.05, 3.63) is 24.3 Å². The number of anilines is 2. The number of hydrogen-bond donors (Lipinski definition) is 2. The largest absolute Gasteiger partial charge is 0.380 e. The summed E-state index contributed by atoms with van der Waals surface area (Å²) in [7, 11) is 1.56. The number of hydrogen-bond acceptors (Lipinski definition) is 4. The van der Waals surface area contributed by atoms with Crippen LogP contribution in [0.5, 0.6) is 0 Å². The maximum absolute atomic E-state index is 11.8. The Morgan fingerprint density at radius 3 is 2.35 bits per heavy atom. The molecule has 0 spiro atoms. The first-order valence-electron chi connectivity index (χ1n) is 7.02. The van der Waals surface area contributed by atoms with Gasteiger partial charge in [0.1, 0.15) is 0 Å². The smallest absolute Gasteiger partial charge is 0.227 e. The van der Waals surface area contributed by atoms with E-state index in [1.807, 2.05) is 24.3 Å². The Balaban J connectivity index is 2.59. The van der Waals surface area contributed by atoms with E-state index < -0.39 is 0 Å². The summed E-state index contributed by atoms with van der Waals surface area (Å²) in [6.45, 7) is 6.51. The van der Waals surface area contributed by atoms with E-state index >= 15 is 0 Å². The number of amides is 1. The third-order valence-corrected chi connectivity index (χ3v) is 3.29. The monoisotopic (exact) mass is 279 g/mol. The summed E-state index contributed by atoms with van der Waals surface area (Å²) in [5.74, 6) is -0.0853. The molecule has 0 bridgehead atoms. The summed E-state index contributed by atoms with van der Waals surface area (Å²) in [5.41, 5.74) is 7.44. The molecule has 0 radical (unpaired) electrons. The number of nitrogens with zero attached hydrogens (tertiary/aromatic N) is 1. The molecule has 5 nitrogen and oxygen atoms in total. The van der Waals surface area contributed by atoms with Crippen LogP contribution >= 0.6 is 0 Å². The molecule has 20 heavy (non-hydrogen) atoms. The highest BCUT2D eigenvalue weighted by Crippen LogP contribution is 2.17.